The number of nitrogen functional groups attached to an aromatic ring is 1. The Morgan fingerprint density at radius 3 is 2.48 bits per heavy atom. The highest BCUT2D eigenvalue weighted by molar-refractivity contribution is 7.60. The molecular formula is C10H14N6O13P2. The Bertz CT molecular complexity index is 1170. The van der Waals surface area contributed by atoms with Crippen LogP contribution in [0.15, 0.2) is 4.79 Å². The lowest BCUT2D eigenvalue weighted by Gasteiger charge is -2.17. The smallest absolute Gasteiger partial charge is 0.390 e. The number of fused-ring (bicyclic) bond motifs is 1. The van der Waals surface area contributed by atoms with Crippen molar-refractivity contribution in [2.45, 2.75) is 24.5 Å². The SMILES string of the molecule is Nc1nc2c(nc([N+](=O)[O-])n2[C@@H]2O[C@H](COP(=O)(O)OP(=O)(O)O)[C@@H](O)[C@H]2O)c(=O)[nH]1. The van der Waals surface area contributed by atoms with Crippen molar-refractivity contribution in [2.75, 3.05) is 12.3 Å². The first kappa shape index (κ1) is 23.4. The number of hydrogen-bond donors (Lipinski definition) is 7. The van der Waals surface area contributed by atoms with Crippen LogP contribution in [0.1, 0.15) is 6.23 Å². The number of nitrogens with one attached hydrogen (secondary N) is 1. The molecule has 1 unspecified atom stereocenters. The number of imidazole rings is 1. The van der Waals surface area contributed by atoms with Crippen LogP contribution < -0.4 is 11.3 Å². The summed E-state index contributed by atoms with van der Waals surface area (Å²) in [4.78, 5) is 58.0. The maximum absolute atomic E-state index is 12.0. The predicted molar refractivity (Wildman–Crippen MR) is 94.0 cm³/mol. The van der Waals surface area contributed by atoms with Crippen LogP contribution in [0.3, 0.4) is 0 Å². The molecule has 1 fully saturated rings. The number of nitrogens with two attached hydrogens (primary N) is 1. The van der Waals surface area contributed by atoms with Gasteiger partial charge in [-0.25, -0.2) is 9.13 Å². The zero-order valence-electron chi connectivity index (χ0n) is 14.8. The van der Waals surface area contributed by atoms with E-state index in [1.165, 1.54) is 0 Å². The first-order valence-electron chi connectivity index (χ1n) is 7.88. The minimum absolute atomic E-state index is 0.447. The van der Waals surface area contributed by atoms with Crippen LogP contribution in [0.4, 0.5) is 11.9 Å². The lowest BCUT2D eigenvalue weighted by molar-refractivity contribution is -0.398. The molecule has 0 bridgehead atoms. The molecule has 19 nitrogen and oxygen atoms in total. The Morgan fingerprint density at radius 2 is 1.90 bits per heavy atom. The summed E-state index contributed by atoms with van der Waals surface area (Å²) in [6.45, 7) is -1.04. The molecule has 0 saturated carbocycles. The van der Waals surface area contributed by atoms with Crippen LogP contribution in [0.5, 0.6) is 0 Å². The maximum Gasteiger partial charge on any atom is 0.481 e. The van der Waals surface area contributed by atoms with Gasteiger partial charge in [0.15, 0.2) is 0 Å². The third kappa shape index (κ3) is 4.80. The minimum Gasteiger partial charge on any atom is -0.390 e. The van der Waals surface area contributed by atoms with E-state index in [9.17, 15) is 39.1 Å². The Balaban J connectivity index is 1.93. The molecule has 8 N–H and O–H groups in total. The van der Waals surface area contributed by atoms with E-state index in [0.717, 1.165) is 0 Å². The summed E-state index contributed by atoms with van der Waals surface area (Å²) in [5, 5.41) is 31.8. The zero-order valence-corrected chi connectivity index (χ0v) is 16.6. The van der Waals surface area contributed by atoms with Gasteiger partial charge in [0.05, 0.1) is 6.61 Å². The Hall–Kier alpha value is -2.31. The molecule has 0 aliphatic carbocycles. The number of nitro groups is 1. The molecule has 1 saturated heterocycles. The van der Waals surface area contributed by atoms with E-state index < -0.39 is 80.3 Å². The van der Waals surface area contributed by atoms with Gasteiger partial charge in [-0.3, -0.25) is 14.3 Å². The molecule has 1 aliphatic heterocycles. The molecular weight excluding hydrogens is 474 g/mol. The largest absolute Gasteiger partial charge is 0.481 e. The van der Waals surface area contributed by atoms with Gasteiger partial charge in [-0.15, -0.1) is 0 Å². The van der Waals surface area contributed by atoms with Crippen molar-refractivity contribution >= 4 is 38.7 Å². The lowest BCUT2D eigenvalue weighted by Crippen LogP contribution is -2.33. The molecule has 0 spiro atoms. The summed E-state index contributed by atoms with van der Waals surface area (Å²) in [7, 11) is -10.7. The first-order chi connectivity index (χ1) is 14.2. The van der Waals surface area contributed by atoms with Crippen LogP contribution in [0.2, 0.25) is 0 Å². The van der Waals surface area contributed by atoms with E-state index in [4.69, 9.17) is 20.3 Å². The molecule has 0 aromatic carbocycles. The predicted octanol–water partition coefficient (Wildman–Crippen LogP) is -2.54. The summed E-state index contributed by atoms with van der Waals surface area (Å²) in [5.74, 6) is -1.45. The summed E-state index contributed by atoms with van der Waals surface area (Å²) in [5.41, 5.74) is 3.49. The number of phosphoric acid groups is 2. The number of aliphatic hydroxyl groups is 2. The molecule has 21 heteroatoms. The number of hydrogen-bond acceptors (Lipinski definition) is 13. The van der Waals surface area contributed by atoms with Crippen molar-refractivity contribution < 1.29 is 52.5 Å². The van der Waals surface area contributed by atoms with Crippen molar-refractivity contribution in [1.29, 1.82) is 0 Å². The van der Waals surface area contributed by atoms with Crippen molar-refractivity contribution in [2.24, 2.45) is 0 Å². The van der Waals surface area contributed by atoms with Gasteiger partial charge in [-0.2, -0.15) is 13.9 Å². The van der Waals surface area contributed by atoms with E-state index in [-0.39, 0.29) is 0 Å². The van der Waals surface area contributed by atoms with E-state index in [1.54, 1.807) is 0 Å². The van der Waals surface area contributed by atoms with Gasteiger partial charge in [0, 0.05) is 0 Å². The molecule has 1 aliphatic rings. The number of aromatic nitrogens is 4. The zero-order chi connectivity index (χ0) is 23.3. The van der Waals surface area contributed by atoms with Crippen LogP contribution >= 0.6 is 15.6 Å². The highest BCUT2D eigenvalue weighted by atomic mass is 31.3. The fourth-order valence-electron chi connectivity index (χ4n) is 2.76. The van der Waals surface area contributed by atoms with Gasteiger partial charge in [-0.05, 0) is 4.92 Å². The Morgan fingerprint density at radius 1 is 1.26 bits per heavy atom. The van der Waals surface area contributed by atoms with Gasteiger partial charge in [0.25, 0.3) is 11.1 Å². The van der Waals surface area contributed by atoms with Crippen molar-refractivity contribution in [3.8, 4) is 0 Å². The molecule has 3 heterocycles. The van der Waals surface area contributed by atoms with E-state index in [1.807, 2.05) is 0 Å². The third-order valence-electron chi connectivity index (χ3n) is 3.92. The van der Waals surface area contributed by atoms with Gasteiger partial charge >= 0.3 is 21.6 Å². The monoisotopic (exact) mass is 488 g/mol. The van der Waals surface area contributed by atoms with Gasteiger partial charge in [0.2, 0.25) is 17.8 Å². The van der Waals surface area contributed by atoms with Crippen LogP contribution in [-0.2, 0) is 22.7 Å². The summed E-state index contributed by atoms with van der Waals surface area (Å²) >= 11 is 0. The number of phosphoric ester groups is 1. The van der Waals surface area contributed by atoms with Crippen molar-refractivity contribution in [1.82, 2.24) is 19.5 Å². The first-order valence-corrected chi connectivity index (χ1v) is 10.9. The van der Waals surface area contributed by atoms with Crippen LogP contribution in [0, 0.1) is 10.1 Å². The second-order valence-corrected chi connectivity index (χ2v) is 8.87. The van der Waals surface area contributed by atoms with E-state index >= 15 is 0 Å². The van der Waals surface area contributed by atoms with Crippen LogP contribution in [0.25, 0.3) is 11.2 Å². The topological polar surface area (TPSA) is 296 Å². The highest BCUT2D eigenvalue weighted by Gasteiger charge is 2.49. The normalized spacial score (nSPS) is 26.2. The molecule has 31 heavy (non-hydrogen) atoms. The number of H-pyrrole nitrogens is 1. The molecule has 2 aromatic rings. The molecule has 2 aromatic heterocycles. The number of nitrogens with zero attached hydrogens (tertiary/aromatic N) is 4. The highest BCUT2D eigenvalue weighted by Crippen LogP contribution is 2.57. The maximum atomic E-state index is 12.0. The lowest BCUT2D eigenvalue weighted by atomic mass is 10.1. The average molecular weight is 488 g/mol. The second-order valence-electron chi connectivity index (χ2n) is 6.05. The Labute approximate surface area is 169 Å². The molecule has 5 atom stereocenters. The molecule has 0 amide bonds. The fourth-order valence-corrected chi connectivity index (χ4v) is 4.36. The van der Waals surface area contributed by atoms with Gasteiger partial charge in [-0.1, -0.05) is 4.98 Å². The van der Waals surface area contributed by atoms with Crippen molar-refractivity contribution in [3.63, 3.8) is 0 Å². The number of aliphatic hydroxyl groups excluding tert-OH is 2. The molecule has 172 valence electrons. The fraction of sp³-hybridized carbons (Fsp3) is 0.500. The molecule has 3 rings (SSSR count). The van der Waals surface area contributed by atoms with E-state index in [2.05, 4.69) is 23.8 Å². The van der Waals surface area contributed by atoms with Gasteiger partial charge in [0.1, 0.15) is 18.3 Å². The van der Waals surface area contributed by atoms with Gasteiger partial charge < -0.3 is 45.5 Å². The Kier molecular flexibility index (Phi) is 6.02. The molecule has 0 radical (unpaired) electrons. The van der Waals surface area contributed by atoms with Crippen molar-refractivity contribution in [3.05, 3.63) is 20.5 Å². The minimum atomic E-state index is -5.41. The number of aromatic amines is 1. The van der Waals surface area contributed by atoms with E-state index in [0.29, 0.717) is 4.57 Å². The summed E-state index contributed by atoms with van der Waals surface area (Å²) in [6.07, 6.45) is -7.23. The summed E-state index contributed by atoms with van der Waals surface area (Å²) < 4.78 is 35.9. The number of anilines is 1. The number of rotatable bonds is 7. The quantitative estimate of drug-likeness (QED) is 0.120. The second kappa shape index (κ2) is 7.99. The standard InChI is InChI=1S/C10H14N6O13P2/c11-9-13-6-3(7(19)14-9)12-10(16(20)21)15(6)8-5(18)4(17)2(28-8)1-27-31(25,26)29-30(22,23)24/h2,4-5,8,17-18H,1H2,(H,25,26)(H2,22,23,24)(H3,11,13,14,19)/t2-,4-,5-,8-/m1/s1. The average Bonchev–Trinajstić information content (AvgIpc) is 3.10. The summed E-state index contributed by atoms with van der Waals surface area (Å²) in [6, 6.07) is 0. The number of ether oxygens (including phenoxy) is 1. The third-order valence-corrected chi connectivity index (χ3v) is 6.07. The van der Waals surface area contributed by atoms with Crippen LogP contribution in [-0.4, -0.2) is 74.3 Å².